The lowest BCUT2D eigenvalue weighted by Gasteiger charge is -2.45. The number of piperidine rings is 2. The Morgan fingerprint density at radius 3 is 2.71 bits per heavy atom. The monoisotopic (exact) mass is 196 g/mol. The maximum atomic E-state index is 3.48. The van der Waals surface area contributed by atoms with Crippen LogP contribution < -0.4 is 5.32 Å². The molecule has 2 heterocycles. The summed E-state index contributed by atoms with van der Waals surface area (Å²) < 4.78 is 0. The van der Waals surface area contributed by atoms with Crippen LogP contribution in [-0.2, 0) is 0 Å². The molecule has 0 aromatic heterocycles. The molecule has 0 unspecified atom stereocenters. The van der Waals surface area contributed by atoms with Crippen LogP contribution in [0.15, 0.2) is 0 Å². The summed E-state index contributed by atoms with van der Waals surface area (Å²) in [5.74, 6) is 0. The number of hydrogen-bond donors (Lipinski definition) is 1. The van der Waals surface area contributed by atoms with Crippen molar-refractivity contribution in [2.24, 2.45) is 5.41 Å². The Balaban J connectivity index is 1.91. The second-order valence-electron chi connectivity index (χ2n) is 5.13. The minimum Gasteiger partial charge on any atom is -0.317 e. The molecule has 0 bridgehead atoms. The molecule has 2 rings (SSSR count). The van der Waals surface area contributed by atoms with Gasteiger partial charge in [0.05, 0.1) is 0 Å². The highest BCUT2D eigenvalue weighted by Gasteiger charge is 2.35. The molecule has 14 heavy (non-hydrogen) atoms. The van der Waals surface area contributed by atoms with Gasteiger partial charge in [0.2, 0.25) is 0 Å². The Hall–Kier alpha value is -0.0800. The smallest absolute Gasteiger partial charge is 0.00389 e. The standard InChI is InChI=1S/C12H24N2/c1-2-9-14-10-3-4-12(11-14)5-7-13-8-6-12/h13H,2-11H2,1H3. The first-order valence-corrected chi connectivity index (χ1v) is 6.28. The molecular formula is C12H24N2. The van der Waals surface area contributed by atoms with Gasteiger partial charge in [-0.3, -0.25) is 0 Å². The predicted molar refractivity (Wildman–Crippen MR) is 60.5 cm³/mol. The maximum absolute atomic E-state index is 3.48. The van der Waals surface area contributed by atoms with Crippen LogP contribution in [0.5, 0.6) is 0 Å². The number of nitrogens with one attached hydrogen (secondary N) is 1. The van der Waals surface area contributed by atoms with Crippen molar-refractivity contribution in [3.05, 3.63) is 0 Å². The zero-order chi connectivity index (χ0) is 9.86. The highest BCUT2D eigenvalue weighted by molar-refractivity contribution is 4.90. The van der Waals surface area contributed by atoms with Gasteiger partial charge in [0, 0.05) is 6.54 Å². The fourth-order valence-electron chi connectivity index (χ4n) is 3.18. The van der Waals surface area contributed by atoms with E-state index >= 15 is 0 Å². The maximum Gasteiger partial charge on any atom is 0.00389 e. The van der Waals surface area contributed by atoms with E-state index in [1.165, 1.54) is 64.8 Å². The molecule has 2 saturated heterocycles. The molecule has 0 radical (unpaired) electrons. The summed E-state index contributed by atoms with van der Waals surface area (Å²) in [7, 11) is 0. The Morgan fingerprint density at radius 2 is 2.00 bits per heavy atom. The van der Waals surface area contributed by atoms with Crippen molar-refractivity contribution in [2.45, 2.75) is 39.0 Å². The van der Waals surface area contributed by atoms with Crippen LogP contribution in [0.25, 0.3) is 0 Å². The fraction of sp³-hybridized carbons (Fsp3) is 1.00. The van der Waals surface area contributed by atoms with Gasteiger partial charge in [-0.2, -0.15) is 0 Å². The summed E-state index contributed by atoms with van der Waals surface area (Å²) in [6, 6.07) is 0. The zero-order valence-electron chi connectivity index (χ0n) is 9.52. The molecule has 2 aliphatic heterocycles. The molecular weight excluding hydrogens is 172 g/mol. The normalized spacial score (nSPS) is 28.1. The van der Waals surface area contributed by atoms with E-state index in [9.17, 15) is 0 Å². The van der Waals surface area contributed by atoms with Gasteiger partial charge in [0.25, 0.3) is 0 Å². The van der Waals surface area contributed by atoms with Gasteiger partial charge in [-0.15, -0.1) is 0 Å². The van der Waals surface area contributed by atoms with Gasteiger partial charge in [-0.25, -0.2) is 0 Å². The number of hydrogen-bond acceptors (Lipinski definition) is 2. The molecule has 2 nitrogen and oxygen atoms in total. The van der Waals surface area contributed by atoms with E-state index in [0.717, 1.165) is 0 Å². The van der Waals surface area contributed by atoms with E-state index in [2.05, 4.69) is 17.1 Å². The van der Waals surface area contributed by atoms with Gasteiger partial charge in [0.1, 0.15) is 0 Å². The molecule has 2 aliphatic rings. The average molecular weight is 196 g/mol. The highest BCUT2D eigenvalue weighted by atomic mass is 15.1. The third-order valence-corrected chi connectivity index (χ3v) is 3.94. The van der Waals surface area contributed by atoms with E-state index in [4.69, 9.17) is 0 Å². The molecule has 1 spiro atoms. The van der Waals surface area contributed by atoms with Crippen molar-refractivity contribution >= 4 is 0 Å². The fourth-order valence-corrected chi connectivity index (χ4v) is 3.18. The van der Waals surface area contributed by atoms with E-state index < -0.39 is 0 Å². The molecule has 0 aromatic rings. The van der Waals surface area contributed by atoms with Gasteiger partial charge in [-0.05, 0) is 63.7 Å². The lowest BCUT2D eigenvalue weighted by molar-refractivity contribution is 0.0598. The third-order valence-electron chi connectivity index (χ3n) is 3.94. The lowest BCUT2D eigenvalue weighted by atomic mass is 9.73. The van der Waals surface area contributed by atoms with Gasteiger partial charge in [0.15, 0.2) is 0 Å². The Bertz CT molecular complexity index is 166. The summed E-state index contributed by atoms with van der Waals surface area (Å²) in [6.45, 7) is 8.84. The number of nitrogens with zero attached hydrogens (tertiary/aromatic N) is 1. The second kappa shape index (κ2) is 4.63. The minimum atomic E-state index is 0.693. The molecule has 1 N–H and O–H groups in total. The first kappa shape index (κ1) is 10.4. The minimum absolute atomic E-state index is 0.693. The van der Waals surface area contributed by atoms with Crippen molar-refractivity contribution < 1.29 is 0 Å². The van der Waals surface area contributed by atoms with E-state index in [1.54, 1.807) is 0 Å². The molecule has 82 valence electrons. The average Bonchev–Trinajstić information content (AvgIpc) is 2.19. The summed E-state index contributed by atoms with van der Waals surface area (Å²) in [4.78, 5) is 2.69. The predicted octanol–water partition coefficient (Wildman–Crippen LogP) is 1.86. The highest BCUT2D eigenvalue weighted by Crippen LogP contribution is 2.37. The van der Waals surface area contributed by atoms with E-state index in [-0.39, 0.29) is 0 Å². The summed E-state index contributed by atoms with van der Waals surface area (Å²) in [5.41, 5.74) is 0.693. The van der Waals surface area contributed by atoms with Gasteiger partial charge < -0.3 is 10.2 Å². The van der Waals surface area contributed by atoms with Crippen molar-refractivity contribution in [1.29, 1.82) is 0 Å². The van der Waals surface area contributed by atoms with Crippen molar-refractivity contribution in [1.82, 2.24) is 10.2 Å². The van der Waals surface area contributed by atoms with Crippen LogP contribution in [-0.4, -0.2) is 37.6 Å². The number of likely N-dealkylation sites (tertiary alicyclic amines) is 1. The van der Waals surface area contributed by atoms with Crippen molar-refractivity contribution in [3.8, 4) is 0 Å². The zero-order valence-corrected chi connectivity index (χ0v) is 9.52. The largest absolute Gasteiger partial charge is 0.317 e. The molecule has 2 heteroatoms. The molecule has 0 saturated carbocycles. The summed E-state index contributed by atoms with van der Waals surface area (Å²) in [5, 5.41) is 3.48. The van der Waals surface area contributed by atoms with Crippen LogP contribution in [0, 0.1) is 5.41 Å². The molecule has 0 aliphatic carbocycles. The first-order valence-electron chi connectivity index (χ1n) is 6.28. The lowest BCUT2D eigenvalue weighted by Crippen LogP contribution is -2.48. The topological polar surface area (TPSA) is 15.3 Å². The third kappa shape index (κ3) is 2.29. The Morgan fingerprint density at radius 1 is 1.21 bits per heavy atom. The Kier molecular flexibility index (Phi) is 3.45. The van der Waals surface area contributed by atoms with Crippen LogP contribution in [0.4, 0.5) is 0 Å². The van der Waals surface area contributed by atoms with Crippen molar-refractivity contribution in [3.63, 3.8) is 0 Å². The second-order valence-corrected chi connectivity index (χ2v) is 5.13. The summed E-state index contributed by atoms with van der Waals surface area (Å²) >= 11 is 0. The molecule has 0 aromatic carbocycles. The first-order chi connectivity index (χ1) is 6.85. The number of rotatable bonds is 2. The van der Waals surface area contributed by atoms with Crippen LogP contribution >= 0.6 is 0 Å². The summed E-state index contributed by atoms with van der Waals surface area (Å²) in [6.07, 6.45) is 7.05. The molecule has 2 fully saturated rings. The van der Waals surface area contributed by atoms with Crippen molar-refractivity contribution in [2.75, 3.05) is 32.7 Å². The molecule has 0 atom stereocenters. The SMILES string of the molecule is CCCN1CCCC2(CCNCC2)C1. The van der Waals surface area contributed by atoms with Gasteiger partial charge in [-0.1, -0.05) is 6.92 Å². The van der Waals surface area contributed by atoms with Crippen LogP contribution in [0.3, 0.4) is 0 Å². The van der Waals surface area contributed by atoms with E-state index in [1.807, 2.05) is 0 Å². The van der Waals surface area contributed by atoms with Crippen LogP contribution in [0.2, 0.25) is 0 Å². The van der Waals surface area contributed by atoms with Gasteiger partial charge >= 0.3 is 0 Å². The quantitative estimate of drug-likeness (QED) is 0.725. The van der Waals surface area contributed by atoms with Crippen LogP contribution in [0.1, 0.15) is 39.0 Å². The Labute approximate surface area is 88.1 Å². The molecule has 0 amide bonds. The van der Waals surface area contributed by atoms with E-state index in [0.29, 0.717) is 5.41 Å².